The molecule has 0 saturated heterocycles. The number of aryl methyl sites for hydroxylation is 1. The van der Waals surface area contributed by atoms with Crippen LogP contribution in [0.5, 0.6) is 0 Å². The fourth-order valence-electron chi connectivity index (χ4n) is 1.79. The van der Waals surface area contributed by atoms with Crippen molar-refractivity contribution in [3.63, 3.8) is 0 Å². The Labute approximate surface area is 113 Å². The van der Waals surface area contributed by atoms with Crippen LogP contribution in [0.25, 0.3) is 0 Å². The zero-order valence-electron chi connectivity index (χ0n) is 11.6. The van der Waals surface area contributed by atoms with Crippen molar-refractivity contribution in [2.24, 2.45) is 11.8 Å². The topological polar surface area (TPSA) is 66.4 Å². The third kappa shape index (κ3) is 5.12. The number of hydrogen-bond donors (Lipinski definition) is 2. The number of hydrogen-bond acceptors (Lipinski definition) is 2. The van der Waals surface area contributed by atoms with Gasteiger partial charge in [-0.25, -0.2) is 0 Å². The molecule has 4 heteroatoms. The number of nitrogens with one attached hydrogen (secondary N) is 1. The minimum absolute atomic E-state index is 0.00262. The molecule has 0 spiro atoms. The van der Waals surface area contributed by atoms with E-state index in [1.165, 1.54) is 0 Å². The van der Waals surface area contributed by atoms with Gasteiger partial charge in [-0.3, -0.25) is 9.59 Å². The van der Waals surface area contributed by atoms with Gasteiger partial charge in [-0.1, -0.05) is 43.7 Å². The summed E-state index contributed by atoms with van der Waals surface area (Å²) in [6, 6.07) is 7.73. The van der Waals surface area contributed by atoms with Crippen molar-refractivity contribution in [3.05, 3.63) is 35.4 Å². The van der Waals surface area contributed by atoms with Crippen LogP contribution in [-0.2, 0) is 16.0 Å². The fraction of sp³-hybridized carbons (Fsp3) is 0.467. The van der Waals surface area contributed by atoms with E-state index in [0.29, 0.717) is 0 Å². The average molecular weight is 263 g/mol. The minimum atomic E-state index is -0.870. The number of carboxylic acid groups (broad SMARTS) is 1. The summed E-state index contributed by atoms with van der Waals surface area (Å²) in [7, 11) is 0. The fourth-order valence-corrected chi connectivity index (χ4v) is 1.79. The van der Waals surface area contributed by atoms with Crippen LogP contribution in [0.1, 0.15) is 25.0 Å². The molecular formula is C15H21NO3. The summed E-state index contributed by atoms with van der Waals surface area (Å²) in [5, 5.41) is 11.7. The highest BCUT2D eigenvalue weighted by atomic mass is 16.4. The lowest BCUT2D eigenvalue weighted by Crippen LogP contribution is -2.36. The summed E-state index contributed by atoms with van der Waals surface area (Å²) in [6.07, 6.45) is 0.282. The molecule has 1 aromatic carbocycles. The van der Waals surface area contributed by atoms with Crippen LogP contribution in [0.2, 0.25) is 0 Å². The van der Waals surface area contributed by atoms with Crippen molar-refractivity contribution in [2.75, 3.05) is 6.54 Å². The van der Waals surface area contributed by atoms with E-state index < -0.39 is 11.9 Å². The lowest BCUT2D eigenvalue weighted by Gasteiger charge is -2.16. The van der Waals surface area contributed by atoms with Crippen molar-refractivity contribution in [1.29, 1.82) is 0 Å². The molecule has 0 fully saturated rings. The highest BCUT2D eigenvalue weighted by molar-refractivity contribution is 5.79. The van der Waals surface area contributed by atoms with Gasteiger partial charge in [0.15, 0.2) is 0 Å². The first kappa shape index (κ1) is 15.2. The molecule has 0 radical (unpaired) electrons. The maximum Gasteiger partial charge on any atom is 0.308 e. The summed E-state index contributed by atoms with van der Waals surface area (Å²) in [6.45, 7) is 5.84. The molecule has 4 nitrogen and oxygen atoms in total. The lowest BCUT2D eigenvalue weighted by molar-refractivity contribution is -0.143. The van der Waals surface area contributed by atoms with Crippen LogP contribution in [-0.4, -0.2) is 23.5 Å². The Kier molecular flexibility index (Phi) is 5.55. The van der Waals surface area contributed by atoms with Crippen LogP contribution in [0.3, 0.4) is 0 Å². The third-order valence-corrected chi connectivity index (χ3v) is 3.13. The van der Waals surface area contributed by atoms with E-state index >= 15 is 0 Å². The third-order valence-electron chi connectivity index (χ3n) is 3.13. The highest BCUT2D eigenvalue weighted by Crippen LogP contribution is 2.10. The Balaban J connectivity index is 2.47. The number of amides is 1. The zero-order chi connectivity index (χ0) is 14.4. The summed E-state index contributed by atoms with van der Waals surface area (Å²) < 4.78 is 0. The number of carbonyl (C=O) groups excluding carboxylic acids is 1. The van der Waals surface area contributed by atoms with E-state index in [1.807, 2.05) is 45.0 Å². The number of benzene rings is 1. The second-order valence-electron chi connectivity index (χ2n) is 5.16. The SMILES string of the molecule is Cc1ccc(CC(=O)NCC(C(=O)O)C(C)C)cc1. The van der Waals surface area contributed by atoms with Gasteiger partial charge in [0.25, 0.3) is 0 Å². The number of rotatable bonds is 6. The van der Waals surface area contributed by atoms with Crippen LogP contribution in [0, 0.1) is 18.8 Å². The van der Waals surface area contributed by atoms with Gasteiger partial charge in [-0.15, -0.1) is 0 Å². The Morgan fingerprint density at radius 3 is 2.26 bits per heavy atom. The van der Waals surface area contributed by atoms with E-state index in [-0.39, 0.29) is 24.8 Å². The molecule has 1 amide bonds. The molecule has 1 unspecified atom stereocenters. The molecule has 0 bridgehead atoms. The normalized spacial score (nSPS) is 12.2. The van der Waals surface area contributed by atoms with Gasteiger partial charge in [-0.2, -0.15) is 0 Å². The second kappa shape index (κ2) is 6.92. The Bertz CT molecular complexity index is 437. The maximum atomic E-state index is 11.7. The van der Waals surface area contributed by atoms with E-state index in [0.717, 1.165) is 11.1 Å². The van der Waals surface area contributed by atoms with Crippen LogP contribution in [0.15, 0.2) is 24.3 Å². The van der Waals surface area contributed by atoms with E-state index in [1.54, 1.807) is 0 Å². The molecule has 104 valence electrons. The minimum Gasteiger partial charge on any atom is -0.481 e. The standard InChI is InChI=1S/C15H21NO3/c1-10(2)13(15(18)19)9-16-14(17)8-12-6-4-11(3)5-7-12/h4-7,10,13H,8-9H2,1-3H3,(H,16,17)(H,18,19). The zero-order valence-corrected chi connectivity index (χ0v) is 11.6. The van der Waals surface area contributed by atoms with Crippen LogP contribution >= 0.6 is 0 Å². The molecule has 0 aliphatic rings. The molecular weight excluding hydrogens is 242 g/mol. The molecule has 0 saturated carbocycles. The van der Waals surface area contributed by atoms with Crippen molar-refractivity contribution in [2.45, 2.75) is 27.2 Å². The Morgan fingerprint density at radius 1 is 1.21 bits per heavy atom. The Morgan fingerprint density at radius 2 is 1.79 bits per heavy atom. The lowest BCUT2D eigenvalue weighted by atomic mass is 9.96. The summed E-state index contributed by atoms with van der Waals surface area (Å²) in [5.74, 6) is -1.56. The van der Waals surface area contributed by atoms with E-state index in [2.05, 4.69) is 5.32 Å². The molecule has 2 N–H and O–H groups in total. The monoisotopic (exact) mass is 263 g/mol. The average Bonchev–Trinajstić information content (AvgIpc) is 2.31. The number of carbonyl (C=O) groups is 2. The first-order valence-corrected chi connectivity index (χ1v) is 6.45. The maximum absolute atomic E-state index is 11.7. The smallest absolute Gasteiger partial charge is 0.308 e. The number of carboxylic acids is 1. The number of aliphatic carboxylic acids is 1. The molecule has 1 atom stereocenters. The second-order valence-corrected chi connectivity index (χ2v) is 5.16. The van der Waals surface area contributed by atoms with E-state index in [4.69, 9.17) is 5.11 Å². The molecule has 0 aliphatic heterocycles. The molecule has 0 aliphatic carbocycles. The molecule has 1 aromatic rings. The van der Waals surface area contributed by atoms with Gasteiger partial charge in [0, 0.05) is 6.54 Å². The largest absolute Gasteiger partial charge is 0.481 e. The highest BCUT2D eigenvalue weighted by Gasteiger charge is 2.21. The molecule has 19 heavy (non-hydrogen) atoms. The van der Waals surface area contributed by atoms with Crippen LogP contribution in [0.4, 0.5) is 0 Å². The van der Waals surface area contributed by atoms with Gasteiger partial charge in [0.1, 0.15) is 0 Å². The van der Waals surface area contributed by atoms with Crippen molar-refractivity contribution in [1.82, 2.24) is 5.32 Å². The predicted octanol–water partition coefficient (Wildman–Crippen LogP) is 2.01. The van der Waals surface area contributed by atoms with Gasteiger partial charge < -0.3 is 10.4 Å². The summed E-state index contributed by atoms with van der Waals surface area (Å²) >= 11 is 0. The first-order chi connectivity index (χ1) is 8.90. The van der Waals surface area contributed by atoms with Gasteiger partial charge in [0.05, 0.1) is 12.3 Å². The van der Waals surface area contributed by atoms with Gasteiger partial charge >= 0.3 is 5.97 Å². The molecule has 1 rings (SSSR count). The van der Waals surface area contributed by atoms with Crippen molar-refractivity contribution >= 4 is 11.9 Å². The van der Waals surface area contributed by atoms with Crippen LogP contribution < -0.4 is 5.32 Å². The van der Waals surface area contributed by atoms with E-state index in [9.17, 15) is 9.59 Å². The summed E-state index contributed by atoms with van der Waals surface area (Å²) in [4.78, 5) is 22.7. The predicted molar refractivity (Wildman–Crippen MR) is 73.9 cm³/mol. The Hall–Kier alpha value is -1.84. The van der Waals surface area contributed by atoms with Crippen molar-refractivity contribution in [3.8, 4) is 0 Å². The first-order valence-electron chi connectivity index (χ1n) is 6.45. The van der Waals surface area contributed by atoms with Crippen molar-refractivity contribution < 1.29 is 14.7 Å². The summed E-state index contributed by atoms with van der Waals surface area (Å²) in [5.41, 5.74) is 2.08. The molecule has 0 heterocycles. The quantitative estimate of drug-likeness (QED) is 0.825. The van der Waals surface area contributed by atoms with Gasteiger partial charge in [0.2, 0.25) is 5.91 Å². The van der Waals surface area contributed by atoms with Gasteiger partial charge in [-0.05, 0) is 18.4 Å². The molecule has 0 aromatic heterocycles.